The summed E-state index contributed by atoms with van der Waals surface area (Å²) in [5, 5.41) is 0. The van der Waals surface area contributed by atoms with Gasteiger partial charge in [0.25, 0.3) is 6.02 Å². The highest BCUT2D eigenvalue weighted by Gasteiger charge is 2.45. The Hall–Kier alpha value is -1.35. The molecule has 112 valence electrons. The molecule has 0 radical (unpaired) electrons. The molecule has 0 aliphatic carbocycles. The molecule has 3 heterocycles. The van der Waals surface area contributed by atoms with Crippen LogP contribution in [0.2, 0.25) is 0 Å². The van der Waals surface area contributed by atoms with Gasteiger partial charge in [0.15, 0.2) is 0 Å². The lowest BCUT2D eigenvalue weighted by Gasteiger charge is -2.38. The number of amidine groups is 1. The summed E-state index contributed by atoms with van der Waals surface area (Å²) in [6.45, 7) is 0.506. The van der Waals surface area contributed by atoms with Crippen molar-refractivity contribution in [3.05, 3.63) is 49.6 Å². The number of hydrogen-bond donors (Lipinski definition) is 1. The lowest BCUT2D eigenvalue weighted by molar-refractivity contribution is 0.218. The number of nitrogens with two attached hydrogens (primary N) is 1. The van der Waals surface area contributed by atoms with Crippen LogP contribution < -0.4 is 10.5 Å². The number of fused-ring (bicyclic) bond motifs is 4. The van der Waals surface area contributed by atoms with Gasteiger partial charge in [-0.1, -0.05) is 0 Å². The van der Waals surface area contributed by atoms with Crippen LogP contribution in [0.1, 0.15) is 17.5 Å². The Morgan fingerprint density at radius 3 is 2.95 bits per heavy atom. The number of halogens is 2. The summed E-state index contributed by atoms with van der Waals surface area (Å²) in [4.78, 5) is 9.06. The molecule has 0 amide bonds. The molecule has 0 unspecified atom stereocenters. The van der Waals surface area contributed by atoms with Crippen LogP contribution in [0.15, 0.2) is 39.9 Å². The number of ether oxygens (including phenoxy) is 2. The highest BCUT2D eigenvalue weighted by atomic mass is 127. The zero-order valence-electron chi connectivity index (χ0n) is 11.3. The van der Waals surface area contributed by atoms with Gasteiger partial charge in [-0.3, -0.25) is 0 Å². The third-order valence-electron chi connectivity index (χ3n) is 3.87. The highest BCUT2D eigenvalue weighted by Crippen LogP contribution is 2.51. The first-order chi connectivity index (χ1) is 10.6. The molecule has 22 heavy (non-hydrogen) atoms. The Morgan fingerprint density at radius 2 is 2.14 bits per heavy atom. The van der Waals surface area contributed by atoms with E-state index < -0.39 is 5.54 Å². The molecule has 2 aliphatic rings. The summed E-state index contributed by atoms with van der Waals surface area (Å²) >= 11 is 5.76. The van der Waals surface area contributed by atoms with E-state index >= 15 is 0 Å². The van der Waals surface area contributed by atoms with E-state index in [4.69, 9.17) is 15.2 Å². The molecule has 0 saturated carbocycles. The van der Waals surface area contributed by atoms with Crippen molar-refractivity contribution in [3.63, 3.8) is 0 Å². The number of aliphatic imine (C=N–C) groups is 1. The second-order valence-electron chi connectivity index (χ2n) is 5.16. The molecule has 7 heteroatoms. The second-order valence-corrected chi connectivity index (χ2v) is 7.32. The Bertz CT molecular complexity index is 758. The minimum Gasteiger partial charge on any atom is -0.465 e. The van der Waals surface area contributed by atoms with Gasteiger partial charge in [0.05, 0.1) is 6.61 Å². The first kappa shape index (κ1) is 14.3. The average molecular weight is 472 g/mol. The summed E-state index contributed by atoms with van der Waals surface area (Å²) in [6, 6.07) is 8.23. The van der Waals surface area contributed by atoms with Gasteiger partial charge in [0.1, 0.15) is 11.3 Å². The predicted molar refractivity (Wildman–Crippen MR) is 94.1 cm³/mol. The van der Waals surface area contributed by atoms with Crippen LogP contribution in [0.3, 0.4) is 0 Å². The molecule has 2 aliphatic heterocycles. The molecular formula is C15H11BrIN3O2. The number of hydrogen-bond acceptors (Lipinski definition) is 5. The summed E-state index contributed by atoms with van der Waals surface area (Å²) in [6.07, 6.45) is 2.41. The number of benzene rings is 1. The van der Waals surface area contributed by atoms with Crippen LogP contribution in [0.25, 0.3) is 0 Å². The van der Waals surface area contributed by atoms with Gasteiger partial charge in [-0.15, -0.1) is 0 Å². The van der Waals surface area contributed by atoms with Crippen molar-refractivity contribution in [1.29, 1.82) is 0 Å². The first-order valence-corrected chi connectivity index (χ1v) is 8.58. The Balaban J connectivity index is 2.05. The molecule has 0 saturated heterocycles. The molecule has 5 nitrogen and oxygen atoms in total. The molecule has 0 bridgehead atoms. The van der Waals surface area contributed by atoms with E-state index in [2.05, 4.69) is 54.6 Å². The van der Waals surface area contributed by atoms with Crippen LogP contribution in [0.4, 0.5) is 0 Å². The van der Waals surface area contributed by atoms with Crippen LogP contribution in [-0.2, 0) is 10.3 Å². The Kier molecular flexibility index (Phi) is 3.30. The van der Waals surface area contributed by atoms with Crippen molar-refractivity contribution in [2.45, 2.75) is 12.0 Å². The van der Waals surface area contributed by atoms with Crippen molar-refractivity contribution in [2.24, 2.45) is 10.7 Å². The zero-order valence-corrected chi connectivity index (χ0v) is 15.1. The molecule has 1 aromatic carbocycles. The fraction of sp³-hybridized carbons (Fsp3) is 0.200. The van der Waals surface area contributed by atoms with Crippen LogP contribution in [-0.4, -0.2) is 17.6 Å². The highest BCUT2D eigenvalue weighted by molar-refractivity contribution is 14.1. The van der Waals surface area contributed by atoms with Crippen molar-refractivity contribution in [1.82, 2.24) is 4.98 Å². The first-order valence-electron chi connectivity index (χ1n) is 6.70. The molecule has 0 fully saturated rings. The van der Waals surface area contributed by atoms with Crippen LogP contribution in [0, 0.1) is 3.57 Å². The van der Waals surface area contributed by atoms with Gasteiger partial charge < -0.3 is 15.2 Å². The summed E-state index contributed by atoms with van der Waals surface area (Å²) < 4.78 is 13.3. The van der Waals surface area contributed by atoms with E-state index in [1.165, 1.54) is 0 Å². The van der Waals surface area contributed by atoms with Crippen molar-refractivity contribution >= 4 is 44.5 Å². The largest absolute Gasteiger partial charge is 0.465 e. The SMILES string of the molecule is NC1=N[C@]2(CCO1)c1cc(I)ccc1Oc1ncc(Br)cc12. The van der Waals surface area contributed by atoms with E-state index in [1.54, 1.807) is 6.20 Å². The third kappa shape index (κ3) is 2.10. The molecule has 1 aromatic heterocycles. The van der Waals surface area contributed by atoms with Gasteiger partial charge in [0, 0.05) is 31.8 Å². The maximum atomic E-state index is 5.96. The topological polar surface area (TPSA) is 69.7 Å². The van der Waals surface area contributed by atoms with Crippen molar-refractivity contribution < 1.29 is 9.47 Å². The number of rotatable bonds is 0. The van der Waals surface area contributed by atoms with E-state index in [0.717, 1.165) is 24.9 Å². The molecule has 1 atom stereocenters. The summed E-state index contributed by atoms with van der Waals surface area (Å²) in [5.41, 5.74) is 7.18. The van der Waals surface area contributed by atoms with E-state index in [0.29, 0.717) is 18.9 Å². The normalized spacial score (nSPS) is 22.2. The monoisotopic (exact) mass is 471 g/mol. The van der Waals surface area contributed by atoms with E-state index in [9.17, 15) is 0 Å². The molecule has 1 spiro atoms. The quantitative estimate of drug-likeness (QED) is 0.597. The Morgan fingerprint density at radius 1 is 1.27 bits per heavy atom. The molecule has 2 aromatic rings. The van der Waals surface area contributed by atoms with Gasteiger partial charge in [-0.05, 0) is 62.8 Å². The van der Waals surface area contributed by atoms with Gasteiger partial charge >= 0.3 is 0 Å². The fourth-order valence-corrected chi connectivity index (χ4v) is 3.76. The van der Waals surface area contributed by atoms with E-state index in [1.807, 2.05) is 18.2 Å². The standard InChI is InChI=1S/C15H11BrIN3O2/c16-8-5-11-13(19-7-8)22-12-2-1-9(17)6-10(12)15(11)3-4-21-14(18)20-15/h1-2,5-7H,3-4H2,(H2,18,20)/t15-/m1/s1. The Labute approximate surface area is 149 Å². The predicted octanol–water partition coefficient (Wildman–Crippen LogP) is 3.53. The van der Waals surface area contributed by atoms with Gasteiger partial charge in [-0.25, -0.2) is 9.98 Å². The average Bonchev–Trinajstić information content (AvgIpc) is 2.49. The summed E-state index contributed by atoms with van der Waals surface area (Å²) in [5.74, 6) is 1.33. The minimum atomic E-state index is -0.608. The zero-order chi connectivity index (χ0) is 15.3. The second kappa shape index (κ2) is 5.09. The lowest BCUT2D eigenvalue weighted by atomic mass is 9.79. The van der Waals surface area contributed by atoms with Crippen LogP contribution in [0.5, 0.6) is 11.6 Å². The number of pyridine rings is 1. The number of nitrogens with zero attached hydrogens (tertiary/aromatic N) is 2. The maximum Gasteiger partial charge on any atom is 0.283 e. The van der Waals surface area contributed by atoms with Crippen molar-refractivity contribution in [3.8, 4) is 11.6 Å². The fourth-order valence-electron chi connectivity index (χ4n) is 2.94. The summed E-state index contributed by atoms with van der Waals surface area (Å²) in [7, 11) is 0. The number of aromatic nitrogens is 1. The van der Waals surface area contributed by atoms with Crippen LogP contribution >= 0.6 is 38.5 Å². The molecular weight excluding hydrogens is 461 g/mol. The smallest absolute Gasteiger partial charge is 0.283 e. The maximum absolute atomic E-state index is 5.96. The van der Waals surface area contributed by atoms with Crippen molar-refractivity contribution in [2.75, 3.05) is 6.61 Å². The van der Waals surface area contributed by atoms with Gasteiger partial charge in [-0.2, -0.15) is 0 Å². The minimum absolute atomic E-state index is 0.198. The van der Waals surface area contributed by atoms with E-state index in [-0.39, 0.29) is 6.02 Å². The molecule has 2 N–H and O–H groups in total. The third-order valence-corrected chi connectivity index (χ3v) is 4.98. The lowest BCUT2D eigenvalue weighted by Crippen LogP contribution is -2.38. The molecule has 4 rings (SSSR count). The van der Waals surface area contributed by atoms with Gasteiger partial charge in [0.2, 0.25) is 5.88 Å².